The molecule has 1 unspecified atom stereocenters. The predicted molar refractivity (Wildman–Crippen MR) is 91.2 cm³/mol. The number of halogens is 1. The first-order chi connectivity index (χ1) is 11.3. The molecule has 1 N–H and O–H groups in total. The molecule has 0 bridgehead atoms. The van der Waals surface area contributed by atoms with Crippen LogP contribution in [-0.2, 0) is 11.2 Å². The first-order valence-corrected chi connectivity index (χ1v) is 8.37. The summed E-state index contributed by atoms with van der Waals surface area (Å²) < 4.78 is 5.40. The van der Waals surface area contributed by atoms with Gasteiger partial charge in [-0.3, -0.25) is 0 Å². The third-order valence-corrected chi connectivity index (χ3v) is 4.73. The molecule has 1 aromatic heterocycles. The van der Waals surface area contributed by atoms with Gasteiger partial charge in [-0.25, -0.2) is 9.97 Å². The minimum absolute atomic E-state index is 0.287. The summed E-state index contributed by atoms with van der Waals surface area (Å²) in [5, 5.41) is 4.35. The largest absolute Gasteiger partial charge is 0.378 e. The minimum Gasteiger partial charge on any atom is -0.378 e. The number of nitrogens with zero attached hydrogens (tertiary/aromatic N) is 3. The highest BCUT2D eigenvalue weighted by Gasteiger charge is 2.23. The third kappa shape index (κ3) is 3.12. The fraction of sp³-hybridized carbons (Fsp3) is 0.412. The maximum Gasteiger partial charge on any atom is 0.134 e. The fourth-order valence-electron chi connectivity index (χ4n) is 3.31. The van der Waals surface area contributed by atoms with E-state index in [-0.39, 0.29) is 6.04 Å². The van der Waals surface area contributed by atoms with Crippen molar-refractivity contribution in [1.29, 1.82) is 0 Å². The molecule has 23 heavy (non-hydrogen) atoms. The highest BCUT2D eigenvalue weighted by Crippen LogP contribution is 2.35. The summed E-state index contributed by atoms with van der Waals surface area (Å²) in [6, 6.07) is 8.46. The second-order valence-corrected chi connectivity index (χ2v) is 6.38. The van der Waals surface area contributed by atoms with E-state index in [0.29, 0.717) is 0 Å². The van der Waals surface area contributed by atoms with Gasteiger partial charge >= 0.3 is 0 Å². The number of ether oxygens (including phenoxy) is 1. The number of aromatic nitrogens is 2. The Kier molecular flexibility index (Phi) is 4.06. The van der Waals surface area contributed by atoms with Gasteiger partial charge in [0, 0.05) is 24.2 Å². The Balaban J connectivity index is 1.52. The molecule has 5 nitrogen and oxygen atoms in total. The molecule has 0 radical (unpaired) electrons. The number of rotatable bonds is 3. The Labute approximate surface area is 140 Å². The van der Waals surface area contributed by atoms with Gasteiger partial charge in [0.15, 0.2) is 0 Å². The van der Waals surface area contributed by atoms with Gasteiger partial charge in [0.05, 0.1) is 19.3 Å². The van der Waals surface area contributed by atoms with E-state index in [0.717, 1.165) is 55.8 Å². The van der Waals surface area contributed by atoms with Crippen molar-refractivity contribution in [1.82, 2.24) is 9.97 Å². The lowest BCUT2D eigenvalue weighted by atomic mass is 10.1. The molecule has 120 valence electrons. The zero-order valence-corrected chi connectivity index (χ0v) is 13.6. The number of nitrogens with one attached hydrogen (secondary N) is 1. The van der Waals surface area contributed by atoms with Gasteiger partial charge in [0.25, 0.3) is 0 Å². The quantitative estimate of drug-likeness (QED) is 0.937. The van der Waals surface area contributed by atoms with Crippen LogP contribution in [0.2, 0.25) is 5.02 Å². The van der Waals surface area contributed by atoms with E-state index >= 15 is 0 Å². The van der Waals surface area contributed by atoms with Crippen LogP contribution in [0.15, 0.2) is 30.6 Å². The van der Waals surface area contributed by atoms with E-state index in [2.05, 4.69) is 32.3 Å². The lowest BCUT2D eigenvalue weighted by Crippen LogP contribution is -2.36. The van der Waals surface area contributed by atoms with Crippen molar-refractivity contribution in [3.05, 3.63) is 46.7 Å². The van der Waals surface area contributed by atoms with Crippen LogP contribution in [0.4, 0.5) is 11.6 Å². The fourth-order valence-corrected chi connectivity index (χ4v) is 3.50. The summed E-state index contributed by atoms with van der Waals surface area (Å²) >= 11 is 6.08. The smallest absolute Gasteiger partial charge is 0.134 e. The van der Waals surface area contributed by atoms with Crippen molar-refractivity contribution in [2.24, 2.45) is 0 Å². The molecular formula is C17H19ClN4O. The van der Waals surface area contributed by atoms with Crippen molar-refractivity contribution < 1.29 is 4.74 Å². The molecule has 1 saturated heterocycles. The Morgan fingerprint density at radius 3 is 2.91 bits per heavy atom. The van der Waals surface area contributed by atoms with E-state index in [1.54, 1.807) is 6.33 Å². The van der Waals surface area contributed by atoms with Gasteiger partial charge in [-0.15, -0.1) is 0 Å². The maximum absolute atomic E-state index is 6.08. The highest BCUT2D eigenvalue weighted by molar-refractivity contribution is 6.30. The first kappa shape index (κ1) is 14.7. The normalized spacial score (nSPS) is 20.4. The van der Waals surface area contributed by atoms with Gasteiger partial charge in [-0.05, 0) is 36.1 Å². The Hall–Kier alpha value is -1.85. The second kappa shape index (κ2) is 6.34. The molecule has 1 aliphatic carbocycles. The van der Waals surface area contributed by atoms with E-state index in [9.17, 15) is 0 Å². The molecule has 0 amide bonds. The molecule has 1 fully saturated rings. The predicted octanol–water partition coefficient (Wildman–Crippen LogP) is 3.07. The number of morpholine rings is 1. The van der Waals surface area contributed by atoms with Crippen LogP contribution in [0.1, 0.15) is 23.6 Å². The van der Waals surface area contributed by atoms with Gasteiger partial charge in [-0.1, -0.05) is 17.7 Å². The molecule has 1 aromatic carbocycles. The van der Waals surface area contributed by atoms with Crippen molar-refractivity contribution in [3.8, 4) is 0 Å². The molecule has 4 rings (SSSR count). The molecule has 1 atom stereocenters. The van der Waals surface area contributed by atoms with E-state index in [1.165, 1.54) is 11.1 Å². The van der Waals surface area contributed by atoms with Gasteiger partial charge in [-0.2, -0.15) is 0 Å². The molecule has 2 heterocycles. The molecule has 2 aromatic rings. The number of hydrogen-bond acceptors (Lipinski definition) is 5. The number of benzene rings is 1. The lowest BCUT2D eigenvalue weighted by Gasteiger charge is -2.28. The van der Waals surface area contributed by atoms with Crippen LogP contribution in [0.5, 0.6) is 0 Å². The molecule has 0 saturated carbocycles. The van der Waals surface area contributed by atoms with E-state index < -0.39 is 0 Å². The summed E-state index contributed by atoms with van der Waals surface area (Å²) in [4.78, 5) is 11.0. The van der Waals surface area contributed by atoms with Crippen LogP contribution in [0.3, 0.4) is 0 Å². The van der Waals surface area contributed by atoms with Crippen LogP contribution < -0.4 is 10.2 Å². The number of aryl methyl sites for hydroxylation is 1. The number of hydrogen-bond donors (Lipinski definition) is 1. The van der Waals surface area contributed by atoms with Gasteiger partial charge in [0.1, 0.15) is 18.0 Å². The average Bonchev–Trinajstić information content (AvgIpc) is 2.98. The van der Waals surface area contributed by atoms with Gasteiger partial charge < -0.3 is 15.0 Å². The maximum atomic E-state index is 6.08. The minimum atomic E-state index is 0.287. The van der Waals surface area contributed by atoms with Crippen LogP contribution >= 0.6 is 11.6 Å². The summed E-state index contributed by atoms with van der Waals surface area (Å²) in [5.74, 6) is 1.83. The van der Waals surface area contributed by atoms with Crippen LogP contribution in [0, 0.1) is 0 Å². The van der Waals surface area contributed by atoms with Crippen molar-refractivity contribution in [2.75, 3.05) is 36.5 Å². The second-order valence-electron chi connectivity index (χ2n) is 5.94. The molecule has 2 aliphatic rings. The summed E-state index contributed by atoms with van der Waals surface area (Å²) in [6.07, 6.45) is 3.74. The first-order valence-electron chi connectivity index (χ1n) is 7.99. The topological polar surface area (TPSA) is 50.3 Å². The van der Waals surface area contributed by atoms with Crippen LogP contribution in [0.25, 0.3) is 0 Å². The average molecular weight is 331 g/mol. The van der Waals surface area contributed by atoms with E-state index in [1.807, 2.05) is 12.1 Å². The number of fused-ring (bicyclic) bond motifs is 1. The lowest BCUT2D eigenvalue weighted by molar-refractivity contribution is 0.122. The monoisotopic (exact) mass is 330 g/mol. The van der Waals surface area contributed by atoms with Crippen molar-refractivity contribution >= 4 is 23.2 Å². The summed E-state index contributed by atoms with van der Waals surface area (Å²) in [5.41, 5.74) is 2.65. The van der Waals surface area contributed by atoms with E-state index in [4.69, 9.17) is 16.3 Å². The molecular weight excluding hydrogens is 312 g/mol. The Morgan fingerprint density at radius 2 is 2.04 bits per heavy atom. The highest BCUT2D eigenvalue weighted by atomic mass is 35.5. The zero-order chi connectivity index (χ0) is 15.6. The molecule has 6 heteroatoms. The summed E-state index contributed by atoms with van der Waals surface area (Å²) in [6.45, 7) is 3.26. The molecule has 0 spiro atoms. The third-order valence-electron chi connectivity index (χ3n) is 4.49. The molecule has 1 aliphatic heterocycles. The SMILES string of the molecule is Clc1ccc2c(c1)CCC2Nc1cc(N2CCOCC2)ncn1. The standard InChI is InChI=1S/C17H19ClN4O/c18-13-2-3-14-12(9-13)1-4-15(14)21-16-10-17(20-11-19-16)22-5-7-23-8-6-22/h2-3,9-11,15H,1,4-8H2,(H,19,20,21). The van der Waals surface area contributed by atoms with Crippen molar-refractivity contribution in [3.63, 3.8) is 0 Å². The Morgan fingerprint density at radius 1 is 1.17 bits per heavy atom. The van der Waals surface area contributed by atoms with Gasteiger partial charge in [0.2, 0.25) is 0 Å². The van der Waals surface area contributed by atoms with Crippen LogP contribution in [-0.4, -0.2) is 36.3 Å². The Bertz CT molecular complexity index is 703. The zero-order valence-electron chi connectivity index (χ0n) is 12.8. The van der Waals surface area contributed by atoms with Crippen molar-refractivity contribution in [2.45, 2.75) is 18.9 Å². The number of anilines is 2. The summed E-state index contributed by atoms with van der Waals surface area (Å²) in [7, 11) is 0.